The molecule has 1 aliphatic heterocycles. The molecule has 0 aliphatic carbocycles. The summed E-state index contributed by atoms with van der Waals surface area (Å²) < 4.78 is 32.4. The lowest BCUT2D eigenvalue weighted by atomic mass is 9.91. The standard InChI is InChI=1S/C25H29N7O3S/c1-7-35-23-19(16(4)32-25-21(15(3)30-32)24(27)31(5)13-29-25)8-14(2)20(10-26)22(23)17-9-18(12-28-11-17)36(6,33)34/h8-9,11-13,16,24H,7,27H2,1-6H3. The van der Waals surface area contributed by atoms with E-state index in [4.69, 9.17) is 15.6 Å². The summed E-state index contributed by atoms with van der Waals surface area (Å²) in [5, 5.41) is 14.8. The van der Waals surface area contributed by atoms with Crippen LogP contribution in [0.4, 0.5) is 5.82 Å². The maximum absolute atomic E-state index is 12.2. The quantitative estimate of drug-likeness (QED) is 0.535. The van der Waals surface area contributed by atoms with Gasteiger partial charge in [-0.2, -0.15) is 10.4 Å². The maximum atomic E-state index is 12.2. The summed E-state index contributed by atoms with van der Waals surface area (Å²) >= 11 is 0. The number of hydrogen-bond acceptors (Lipinski definition) is 9. The molecule has 11 heteroatoms. The highest BCUT2D eigenvalue weighted by molar-refractivity contribution is 7.90. The number of nitrogens with zero attached hydrogens (tertiary/aromatic N) is 6. The van der Waals surface area contributed by atoms with E-state index in [1.54, 1.807) is 12.5 Å². The normalized spacial score (nSPS) is 15.9. The van der Waals surface area contributed by atoms with Gasteiger partial charge in [-0.25, -0.2) is 18.1 Å². The fourth-order valence-corrected chi connectivity index (χ4v) is 5.05. The van der Waals surface area contributed by atoms with Gasteiger partial charge in [0.1, 0.15) is 18.0 Å². The minimum Gasteiger partial charge on any atom is -0.493 e. The summed E-state index contributed by atoms with van der Waals surface area (Å²) in [6, 6.07) is 5.36. The molecular formula is C25H29N7O3S. The molecule has 0 saturated carbocycles. The summed E-state index contributed by atoms with van der Waals surface area (Å²) in [5.74, 6) is 1.14. The van der Waals surface area contributed by atoms with E-state index < -0.39 is 9.84 Å². The van der Waals surface area contributed by atoms with Gasteiger partial charge >= 0.3 is 0 Å². The van der Waals surface area contributed by atoms with E-state index in [1.807, 2.05) is 50.4 Å². The van der Waals surface area contributed by atoms with Gasteiger partial charge < -0.3 is 15.4 Å². The molecule has 3 aromatic rings. The Kier molecular flexibility index (Phi) is 6.60. The van der Waals surface area contributed by atoms with Gasteiger partial charge in [-0.05, 0) is 45.4 Å². The molecule has 1 aliphatic rings. The average molecular weight is 508 g/mol. The average Bonchev–Trinajstić information content (AvgIpc) is 3.18. The van der Waals surface area contributed by atoms with Crippen molar-refractivity contribution in [2.45, 2.75) is 44.8 Å². The van der Waals surface area contributed by atoms with E-state index in [9.17, 15) is 13.7 Å². The molecule has 2 aromatic heterocycles. The van der Waals surface area contributed by atoms with Crippen LogP contribution in [-0.4, -0.2) is 54.3 Å². The minimum atomic E-state index is -3.51. The summed E-state index contributed by atoms with van der Waals surface area (Å²) in [4.78, 5) is 10.6. The van der Waals surface area contributed by atoms with Crippen molar-refractivity contribution in [2.24, 2.45) is 10.7 Å². The van der Waals surface area contributed by atoms with Crippen molar-refractivity contribution in [1.29, 1.82) is 5.26 Å². The van der Waals surface area contributed by atoms with Crippen LogP contribution >= 0.6 is 0 Å². The first-order chi connectivity index (χ1) is 17.0. The van der Waals surface area contributed by atoms with E-state index in [2.05, 4.69) is 16.0 Å². The molecule has 0 radical (unpaired) electrons. The highest BCUT2D eigenvalue weighted by Gasteiger charge is 2.30. The molecule has 3 heterocycles. The van der Waals surface area contributed by atoms with Crippen LogP contribution in [0.5, 0.6) is 5.75 Å². The van der Waals surface area contributed by atoms with Gasteiger partial charge in [0.25, 0.3) is 0 Å². The largest absolute Gasteiger partial charge is 0.493 e. The summed E-state index contributed by atoms with van der Waals surface area (Å²) in [7, 11) is -1.65. The highest BCUT2D eigenvalue weighted by atomic mass is 32.2. The Morgan fingerprint density at radius 2 is 2.00 bits per heavy atom. The van der Waals surface area contributed by atoms with Gasteiger partial charge in [-0.15, -0.1) is 0 Å². The zero-order valence-electron chi connectivity index (χ0n) is 21.1. The minimum absolute atomic E-state index is 0.0617. The number of aryl methyl sites for hydroxylation is 2. The Hall–Kier alpha value is -3.75. The molecule has 2 atom stereocenters. The van der Waals surface area contributed by atoms with Crippen LogP contribution in [0.2, 0.25) is 0 Å². The van der Waals surface area contributed by atoms with Crippen molar-refractivity contribution in [3.05, 3.63) is 52.5 Å². The van der Waals surface area contributed by atoms with Gasteiger partial charge in [0, 0.05) is 42.4 Å². The fourth-order valence-electron chi connectivity index (χ4n) is 4.46. The number of ether oxygens (including phenoxy) is 1. The van der Waals surface area contributed by atoms with Crippen molar-refractivity contribution in [3.8, 4) is 22.9 Å². The molecule has 188 valence electrons. The van der Waals surface area contributed by atoms with Gasteiger partial charge in [0.15, 0.2) is 15.7 Å². The van der Waals surface area contributed by atoms with Crippen LogP contribution in [0, 0.1) is 25.2 Å². The van der Waals surface area contributed by atoms with Crippen LogP contribution in [-0.2, 0) is 9.84 Å². The Labute approximate surface area is 211 Å². The fraction of sp³-hybridized carbons (Fsp3) is 0.360. The van der Waals surface area contributed by atoms with Crippen molar-refractivity contribution >= 4 is 22.0 Å². The van der Waals surface area contributed by atoms with E-state index in [1.165, 1.54) is 12.3 Å². The Morgan fingerprint density at radius 1 is 1.28 bits per heavy atom. The summed E-state index contributed by atoms with van der Waals surface area (Å²) in [6.07, 6.45) is 5.27. The SMILES string of the molecule is CCOc1c(C(C)n2nc(C)c3c2N=CN(C)C3N)cc(C)c(C#N)c1-c1cncc(S(C)(=O)=O)c1. The Morgan fingerprint density at radius 3 is 2.64 bits per heavy atom. The number of pyridine rings is 1. The van der Waals surface area contributed by atoms with Crippen LogP contribution in [0.3, 0.4) is 0 Å². The molecular weight excluding hydrogens is 478 g/mol. The number of aliphatic imine (C=N–C) groups is 1. The Balaban J connectivity index is 1.99. The molecule has 0 spiro atoms. The van der Waals surface area contributed by atoms with Crippen molar-refractivity contribution in [2.75, 3.05) is 19.9 Å². The predicted molar refractivity (Wildman–Crippen MR) is 137 cm³/mol. The number of sulfone groups is 1. The van der Waals surface area contributed by atoms with E-state index >= 15 is 0 Å². The molecule has 0 fully saturated rings. The first kappa shape index (κ1) is 25.3. The molecule has 0 amide bonds. The predicted octanol–water partition coefficient (Wildman–Crippen LogP) is 3.41. The van der Waals surface area contributed by atoms with E-state index in [0.717, 1.165) is 28.6 Å². The molecule has 0 bridgehead atoms. The summed E-state index contributed by atoms with van der Waals surface area (Å²) in [6.45, 7) is 7.91. The molecule has 1 aromatic carbocycles. The number of hydrogen-bond donors (Lipinski definition) is 1. The first-order valence-electron chi connectivity index (χ1n) is 11.5. The van der Waals surface area contributed by atoms with E-state index in [0.29, 0.717) is 34.9 Å². The topological polar surface area (TPSA) is 139 Å². The molecule has 10 nitrogen and oxygen atoms in total. The lowest BCUT2D eigenvalue weighted by molar-refractivity contribution is 0.333. The molecule has 0 saturated heterocycles. The zero-order chi connectivity index (χ0) is 26.4. The lowest BCUT2D eigenvalue weighted by Gasteiger charge is -2.27. The van der Waals surface area contributed by atoms with Crippen LogP contribution < -0.4 is 10.5 Å². The maximum Gasteiger partial charge on any atom is 0.177 e. The molecule has 4 rings (SSSR count). The second-order valence-corrected chi connectivity index (χ2v) is 10.9. The van der Waals surface area contributed by atoms with Gasteiger partial charge in [0.05, 0.1) is 40.7 Å². The number of rotatable bonds is 6. The smallest absolute Gasteiger partial charge is 0.177 e. The number of nitriles is 1. The Bertz CT molecular complexity index is 1520. The van der Waals surface area contributed by atoms with Gasteiger partial charge in [-0.3, -0.25) is 4.98 Å². The number of benzene rings is 1. The van der Waals surface area contributed by atoms with Crippen LogP contribution in [0.25, 0.3) is 11.1 Å². The molecule has 2 N–H and O–H groups in total. The van der Waals surface area contributed by atoms with Crippen molar-refractivity contribution < 1.29 is 13.2 Å². The summed E-state index contributed by atoms with van der Waals surface area (Å²) in [5.41, 5.74) is 10.9. The third kappa shape index (κ3) is 4.23. The van der Waals surface area contributed by atoms with Crippen LogP contribution in [0.1, 0.15) is 54.0 Å². The van der Waals surface area contributed by atoms with Gasteiger partial charge in [0.2, 0.25) is 0 Å². The lowest BCUT2D eigenvalue weighted by Crippen LogP contribution is -2.32. The molecule has 2 unspecified atom stereocenters. The number of aromatic nitrogens is 3. The van der Waals surface area contributed by atoms with Crippen molar-refractivity contribution in [1.82, 2.24) is 19.7 Å². The van der Waals surface area contributed by atoms with Gasteiger partial charge in [-0.1, -0.05) is 0 Å². The number of nitrogens with two attached hydrogens (primary N) is 1. The van der Waals surface area contributed by atoms with E-state index in [-0.39, 0.29) is 17.1 Å². The third-order valence-corrected chi connectivity index (χ3v) is 7.43. The number of fused-ring (bicyclic) bond motifs is 1. The third-order valence-electron chi connectivity index (χ3n) is 6.36. The first-order valence-corrected chi connectivity index (χ1v) is 13.3. The second kappa shape index (κ2) is 9.37. The van der Waals surface area contributed by atoms with Crippen LogP contribution in [0.15, 0.2) is 34.4 Å². The molecule has 36 heavy (non-hydrogen) atoms. The highest BCUT2D eigenvalue weighted by Crippen LogP contribution is 2.44. The van der Waals surface area contributed by atoms with Crippen molar-refractivity contribution in [3.63, 3.8) is 0 Å². The monoisotopic (exact) mass is 507 g/mol. The second-order valence-electron chi connectivity index (χ2n) is 8.89. The zero-order valence-corrected chi connectivity index (χ0v) is 22.0.